The number of para-hydroxylation sites is 1. The summed E-state index contributed by atoms with van der Waals surface area (Å²) in [4.78, 5) is 28.1. The SMILES string of the molecule is Cc1csc(NC(=O)c2cccc3c2OC(C)C(=O)N3)n1. The van der Waals surface area contributed by atoms with Crippen LogP contribution in [0.25, 0.3) is 0 Å². The minimum Gasteiger partial charge on any atom is -0.478 e. The minimum atomic E-state index is -0.631. The summed E-state index contributed by atoms with van der Waals surface area (Å²) in [5.74, 6) is -0.157. The van der Waals surface area contributed by atoms with Crippen LogP contribution in [-0.2, 0) is 4.79 Å². The summed E-state index contributed by atoms with van der Waals surface area (Å²) < 4.78 is 5.55. The van der Waals surface area contributed by atoms with Crippen molar-refractivity contribution in [2.45, 2.75) is 20.0 Å². The van der Waals surface area contributed by atoms with E-state index in [1.54, 1.807) is 25.1 Å². The fourth-order valence-electron chi connectivity index (χ4n) is 1.98. The van der Waals surface area contributed by atoms with Gasteiger partial charge in [-0.05, 0) is 26.0 Å². The van der Waals surface area contributed by atoms with E-state index in [1.165, 1.54) is 11.3 Å². The van der Waals surface area contributed by atoms with Gasteiger partial charge in [0.25, 0.3) is 11.8 Å². The van der Waals surface area contributed by atoms with Crippen LogP contribution in [0.15, 0.2) is 23.6 Å². The molecule has 108 valence electrons. The third kappa shape index (κ3) is 2.59. The predicted octanol–water partition coefficient (Wildman–Crippen LogP) is 2.42. The largest absolute Gasteiger partial charge is 0.478 e. The summed E-state index contributed by atoms with van der Waals surface area (Å²) in [5, 5.41) is 7.83. The molecule has 1 aromatic heterocycles. The number of amides is 2. The number of hydrogen-bond acceptors (Lipinski definition) is 5. The quantitative estimate of drug-likeness (QED) is 0.893. The van der Waals surface area contributed by atoms with E-state index in [4.69, 9.17) is 4.74 Å². The maximum Gasteiger partial charge on any atom is 0.265 e. The van der Waals surface area contributed by atoms with Gasteiger partial charge in [0.2, 0.25) is 0 Å². The Kier molecular flexibility index (Phi) is 3.34. The molecule has 1 aliphatic rings. The van der Waals surface area contributed by atoms with Crippen LogP contribution < -0.4 is 15.4 Å². The lowest BCUT2D eigenvalue weighted by atomic mass is 10.1. The van der Waals surface area contributed by atoms with Crippen LogP contribution in [0, 0.1) is 6.92 Å². The number of thiazole rings is 1. The second-order valence-corrected chi connectivity index (χ2v) is 5.54. The topological polar surface area (TPSA) is 80.3 Å². The Morgan fingerprint density at radius 3 is 3.00 bits per heavy atom. The standard InChI is InChI=1S/C14H13N3O3S/c1-7-6-21-14(15-7)17-13(19)9-4-3-5-10-11(9)20-8(2)12(18)16-10/h3-6,8H,1-2H3,(H,16,18)(H,15,17,19). The number of nitrogens with one attached hydrogen (secondary N) is 2. The fourth-order valence-corrected chi connectivity index (χ4v) is 2.66. The lowest BCUT2D eigenvalue weighted by molar-refractivity contribution is -0.122. The first-order valence-corrected chi connectivity index (χ1v) is 7.26. The van der Waals surface area contributed by atoms with Gasteiger partial charge in [-0.25, -0.2) is 4.98 Å². The predicted molar refractivity (Wildman–Crippen MR) is 80.0 cm³/mol. The number of anilines is 2. The summed E-state index contributed by atoms with van der Waals surface area (Å²) in [6.07, 6.45) is -0.631. The van der Waals surface area contributed by atoms with Crippen molar-refractivity contribution in [1.82, 2.24) is 4.98 Å². The summed E-state index contributed by atoms with van der Waals surface area (Å²) in [6, 6.07) is 5.04. The van der Waals surface area contributed by atoms with Gasteiger partial charge in [0.1, 0.15) is 0 Å². The van der Waals surface area contributed by atoms with Crippen LogP contribution in [0.4, 0.5) is 10.8 Å². The fraction of sp³-hybridized carbons (Fsp3) is 0.214. The second-order valence-electron chi connectivity index (χ2n) is 4.68. The van der Waals surface area contributed by atoms with Crippen molar-refractivity contribution in [2.75, 3.05) is 10.6 Å². The number of hydrogen-bond donors (Lipinski definition) is 2. The molecule has 0 bridgehead atoms. The van der Waals surface area contributed by atoms with Gasteiger partial charge in [-0.3, -0.25) is 14.9 Å². The number of carbonyl (C=O) groups is 2. The molecule has 0 saturated heterocycles. The van der Waals surface area contributed by atoms with Crippen LogP contribution in [0.3, 0.4) is 0 Å². The zero-order chi connectivity index (χ0) is 15.0. The van der Waals surface area contributed by atoms with E-state index in [9.17, 15) is 9.59 Å². The van der Waals surface area contributed by atoms with Crippen LogP contribution in [0.5, 0.6) is 5.75 Å². The van der Waals surface area contributed by atoms with E-state index in [2.05, 4.69) is 15.6 Å². The van der Waals surface area contributed by atoms with E-state index in [1.807, 2.05) is 12.3 Å². The van der Waals surface area contributed by atoms with E-state index in [-0.39, 0.29) is 11.8 Å². The second kappa shape index (κ2) is 5.17. The molecule has 1 atom stereocenters. The van der Waals surface area contributed by atoms with E-state index < -0.39 is 6.10 Å². The summed E-state index contributed by atoms with van der Waals surface area (Å²) in [6.45, 7) is 3.49. The first-order valence-electron chi connectivity index (χ1n) is 6.38. The number of nitrogens with zero attached hydrogens (tertiary/aromatic N) is 1. The summed E-state index contributed by atoms with van der Waals surface area (Å²) in [7, 11) is 0. The minimum absolute atomic E-state index is 0.226. The van der Waals surface area contributed by atoms with Crippen molar-refractivity contribution in [2.24, 2.45) is 0 Å². The molecule has 0 aliphatic carbocycles. The van der Waals surface area contributed by atoms with Crippen LogP contribution >= 0.6 is 11.3 Å². The van der Waals surface area contributed by atoms with Gasteiger partial charge in [-0.2, -0.15) is 0 Å². The molecule has 0 spiro atoms. The van der Waals surface area contributed by atoms with Gasteiger partial charge in [0, 0.05) is 5.38 Å². The van der Waals surface area contributed by atoms with Crippen molar-refractivity contribution in [3.05, 3.63) is 34.8 Å². The van der Waals surface area contributed by atoms with E-state index in [0.29, 0.717) is 22.1 Å². The maximum atomic E-state index is 12.3. The normalized spacial score (nSPS) is 16.7. The van der Waals surface area contributed by atoms with Crippen molar-refractivity contribution in [3.8, 4) is 5.75 Å². The highest BCUT2D eigenvalue weighted by Crippen LogP contribution is 2.33. The molecular formula is C14H13N3O3S. The molecule has 2 heterocycles. The molecule has 7 heteroatoms. The van der Waals surface area contributed by atoms with Crippen LogP contribution in [0.2, 0.25) is 0 Å². The van der Waals surface area contributed by atoms with Crippen LogP contribution in [-0.4, -0.2) is 22.9 Å². The van der Waals surface area contributed by atoms with Crippen molar-refractivity contribution in [3.63, 3.8) is 0 Å². The van der Waals surface area contributed by atoms with Gasteiger partial charge >= 0.3 is 0 Å². The van der Waals surface area contributed by atoms with Gasteiger partial charge in [-0.15, -0.1) is 11.3 Å². The Hall–Kier alpha value is -2.41. The smallest absolute Gasteiger partial charge is 0.265 e. The lowest BCUT2D eigenvalue weighted by Crippen LogP contribution is -2.35. The van der Waals surface area contributed by atoms with Crippen molar-refractivity contribution < 1.29 is 14.3 Å². The Morgan fingerprint density at radius 2 is 2.29 bits per heavy atom. The van der Waals surface area contributed by atoms with E-state index >= 15 is 0 Å². The average Bonchev–Trinajstić information content (AvgIpc) is 2.84. The maximum absolute atomic E-state index is 12.3. The monoisotopic (exact) mass is 303 g/mol. The molecule has 21 heavy (non-hydrogen) atoms. The highest BCUT2D eigenvalue weighted by molar-refractivity contribution is 7.13. The third-order valence-corrected chi connectivity index (χ3v) is 3.90. The van der Waals surface area contributed by atoms with Gasteiger partial charge in [0.15, 0.2) is 17.0 Å². The number of aryl methyl sites for hydroxylation is 1. The van der Waals surface area contributed by atoms with Gasteiger partial charge in [0.05, 0.1) is 16.9 Å². The van der Waals surface area contributed by atoms with Crippen molar-refractivity contribution in [1.29, 1.82) is 0 Å². The number of benzene rings is 1. The molecule has 1 aromatic carbocycles. The molecule has 1 unspecified atom stereocenters. The highest BCUT2D eigenvalue weighted by atomic mass is 32.1. The first-order chi connectivity index (χ1) is 10.0. The number of fused-ring (bicyclic) bond motifs is 1. The number of rotatable bonds is 2. The summed E-state index contributed by atoms with van der Waals surface area (Å²) in [5.41, 5.74) is 1.72. The Bertz CT molecular complexity index is 726. The average molecular weight is 303 g/mol. The molecule has 1 aliphatic heterocycles. The highest BCUT2D eigenvalue weighted by Gasteiger charge is 2.27. The first kappa shape index (κ1) is 13.6. The van der Waals surface area contributed by atoms with Crippen LogP contribution in [0.1, 0.15) is 23.0 Å². The molecular weight excluding hydrogens is 290 g/mol. The zero-order valence-corrected chi connectivity index (χ0v) is 12.3. The number of carbonyl (C=O) groups excluding carboxylic acids is 2. The Morgan fingerprint density at radius 1 is 1.48 bits per heavy atom. The summed E-state index contributed by atoms with van der Waals surface area (Å²) >= 11 is 1.36. The number of aromatic nitrogens is 1. The Balaban J connectivity index is 1.90. The van der Waals surface area contributed by atoms with Crippen molar-refractivity contribution >= 4 is 34.0 Å². The zero-order valence-electron chi connectivity index (χ0n) is 11.5. The third-order valence-electron chi connectivity index (χ3n) is 3.02. The molecule has 0 fully saturated rings. The molecule has 0 saturated carbocycles. The molecule has 0 radical (unpaired) electrons. The molecule has 2 amide bonds. The Labute approximate surface area is 125 Å². The molecule has 3 rings (SSSR count). The molecule has 2 aromatic rings. The molecule has 2 N–H and O–H groups in total. The number of ether oxygens (including phenoxy) is 1. The lowest BCUT2D eigenvalue weighted by Gasteiger charge is -2.24. The van der Waals surface area contributed by atoms with E-state index in [0.717, 1.165) is 5.69 Å². The van der Waals surface area contributed by atoms with Gasteiger partial charge < -0.3 is 10.1 Å². The molecule has 6 nitrogen and oxygen atoms in total. The van der Waals surface area contributed by atoms with Gasteiger partial charge in [-0.1, -0.05) is 6.07 Å².